The zero-order valence-electron chi connectivity index (χ0n) is 6.98. The zero-order chi connectivity index (χ0) is 11.6. The molecule has 1 atom stereocenters. The minimum atomic E-state index is -5.04. The van der Waals surface area contributed by atoms with Gasteiger partial charge in [-0.05, 0) is 0 Å². The largest absolute Gasteiger partial charge is 0.394 e. The third-order valence-corrected chi connectivity index (χ3v) is 1.50. The van der Waals surface area contributed by atoms with Crippen LogP contribution in [0.15, 0.2) is 12.4 Å². The second-order valence-electron chi connectivity index (χ2n) is 2.72. The Bertz CT molecular complexity index is 216. The van der Waals surface area contributed by atoms with Crippen LogP contribution in [0, 0.1) is 0 Å². The second kappa shape index (κ2) is 4.22. The maximum atomic E-state index is 12.6. The Labute approximate surface area is 76.7 Å². The van der Waals surface area contributed by atoms with Crippen LogP contribution in [-0.2, 0) is 0 Å². The van der Waals surface area contributed by atoms with E-state index in [1.165, 1.54) is 0 Å². The van der Waals surface area contributed by atoms with Crippen LogP contribution in [0.3, 0.4) is 0 Å². The molecule has 0 aromatic carbocycles. The zero-order valence-corrected chi connectivity index (χ0v) is 6.98. The molecule has 0 aliphatic carbocycles. The molecule has 0 saturated heterocycles. The topological polar surface area (TPSA) is 40.5 Å². The summed E-state index contributed by atoms with van der Waals surface area (Å²) < 4.78 is 61.9. The number of halogens is 5. The number of allylic oxidation sites excluding steroid dienone is 1. The van der Waals surface area contributed by atoms with Crippen LogP contribution in [0.4, 0.5) is 22.0 Å². The van der Waals surface area contributed by atoms with Gasteiger partial charge in [0.05, 0.1) is 12.7 Å². The van der Waals surface area contributed by atoms with Crippen molar-refractivity contribution in [1.29, 1.82) is 0 Å². The summed E-state index contributed by atoms with van der Waals surface area (Å²) in [7, 11) is 0. The average Bonchev–Trinajstić information content (AvgIpc) is 2.02. The summed E-state index contributed by atoms with van der Waals surface area (Å²) in [5.41, 5.74) is 0. The van der Waals surface area contributed by atoms with Gasteiger partial charge in [0.25, 0.3) is 0 Å². The first-order chi connectivity index (χ1) is 6.15. The summed E-state index contributed by atoms with van der Waals surface area (Å²) >= 11 is 0. The third kappa shape index (κ3) is 2.65. The lowest BCUT2D eigenvalue weighted by Crippen LogP contribution is -2.43. The Balaban J connectivity index is 4.68. The van der Waals surface area contributed by atoms with Gasteiger partial charge in [-0.2, -0.15) is 17.6 Å². The van der Waals surface area contributed by atoms with E-state index in [1.807, 2.05) is 0 Å². The highest BCUT2D eigenvalue weighted by atomic mass is 19.3. The summed E-state index contributed by atoms with van der Waals surface area (Å²) in [5.74, 6) is -12.3. The number of rotatable bonds is 5. The van der Waals surface area contributed by atoms with Crippen LogP contribution in [0.1, 0.15) is 6.42 Å². The molecule has 0 heterocycles. The molecule has 2 nitrogen and oxygen atoms in total. The number of hydrogen-bond donors (Lipinski definition) is 2. The lowest BCUT2D eigenvalue weighted by molar-refractivity contribution is -0.209. The number of aliphatic hydroxyl groups excluding tert-OH is 2. The predicted molar refractivity (Wildman–Crippen MR) is 37.9 cm³/mol. The number of aliphatic hydroxyl groups is 2. The van der Waals surface area contributed by atoms with Gasteiger partial charge < -0.3 is 10.2 Å². The van der Waals surface area contributed by atoms with Crippen LogP contribution < -0.4 is 0 Å². The van der Waals surface area contributed by atoms with Crippen molar-refractivity contribution >= 4 is 0 Å². The molecule has 0 rings (SSSR count). The fourth-order valence-electron chi connectivity index (χ4n) is 0.687. The first-order valence-corrected chi connectivity index (χ1v) is 3.54. The highest BCUT2D eigenvalue weighted by Crippen LogP contribution is 2.42. The highest BCUT2D eigenvalue weighted by molar-refractivity contribution is 5.06. The van der Waals surface area contributed by atoms with Gasteiger partial charge in [-0.3, -0.25) is 0 Å². The van der Waals surface area contributed by atoms with Crippen molar-refractivity contribution in [3.8, 4) is 0 Å². The molecule has 84 valence electrons. The lowest BCUT2D eigenvalue weighted by Gasteiger charge is -2.26. The van der Waals surface area contributed by atoms with E-state index in [9.17, 15) is 22.0 Å². The van der Waals surface area contributed by atoms with Crippen molar-refractivity contribution < 1.29 is 32.2 Å². The van der Waals surface area contributed by atoms with E-state index in [-0.39, 0.29) is 0 Å². The molecular weight excluding hydrogens is 211 g/mol. The first-order valence-electron chi connectivity index (χ1n) is 3.54. The third-order valence-electron chi connectivity index (χ3n) is 1.50. The van der Waals surface area contributed by atoms with Gasteiger partial charge in [-0.25, -0.2) is 4.39 Å². The van der Waals surface area contributed by atoms with Crippen LogP contribution in [-0.4, -0.2) is 34.8 Å². The molecule has 0 amide bonds. The predicted octanol–water partition coefficient (Wildman–Crippen LogP) is 1.48. The fourth-order valence-corrected chi connectivity index (χ4v) is 0.687. The molecule has 0 fully saturated rings. The molecule has 0 spiro atoms. The Morgan fingerprint density at radius 1 is 1.29 bits per heavy atom. The highest BCUT2D eigenvalue weighted by Gasteiger charge is 2.59. The van der Waals surface area contributed by atoms with Crippen molar-refractivity contribution in [1.82, 2.24) is 0 Å². The number of alkyl halides is 4. The van der Waals surface area contributed by atoms with E-state index in [1.54, 1.807) is 0 Å². The Morgan fingerprint density at radius 2 is 1.71 bits per heavy atom. The van der Waals surface area contributed by atoms with E-state index in [0.717, 1.165) is 0 Å². The summed E-state index contributed by atoms with van der Waals surface area (Å²) in [4.78, 5) is 0. The van der Waals surface area contributed by atoms with Crippen molar-refractivity contribution in [2.45, 2.75) is 24.4 Å². The van der Waals surface area contributed by atoms with Gasteiger partial charge in [0.15, 0.2) is 5.83 Å². The van der Waals surface area contributed by atoms with Gasteiger partial charge >= 0.3 is 11.8 Å². The molecule has 14 heavy (non-hydrogen) atoms. The maximum absolute atomic E-state index is 12.6. The second-order valence-corrected chi connectivity index (χ2v) is 2.72. The van der Waals surface area contributed by atoms with Crippen molar-refractivity contribution in [2.24, 2.45) is 0 Å². The summed E-state index contributed by atoms with van der Waals surface area (Å²) in [6, 6.07) is 0. The van der Waals surface area contributed by atoms with Gasteiger partial charge in [0.2, 0.25) is 0 Å². The quantitative estimate of drug-likeness (QED) is 0.689. The molecule has 0 bridgehead atoms. The molecule has 2 N–H and O–H groups in total. The molecule has 0 aromatic heterocycles. The normalized spacial score (nSPS) is 15.4. The van der Waals surface area contributed by atoms with E-state index in [0.29, 0.717) is 0 Å². The van der Waals surface area contributed by atoms with Crippen molar-refractivity contribution in [3.05, 3.63) is 12.4 Å². The Kier molecular flexibility index (Phi) is 4.01. The lowest BCUT2D eigenvalue weighted by atomic mass is 10.0. The van der Waals surface area contributed by atoms with Crippen LogP contribution in [0.2, 0.25) is 0 Å². The first kappa shape index (κ1) is 13.3. The van der Waals surface area contributed by atoms with E-state index >= 15 is 0 Å². The van der Waals surface area contributed by atoms with E-state index in [4.69, 9.17) is 10.2 Å². The van der Waals surface area contributed by atoms with E-state index in [2.05, 4.69) is 6.58 Å². The van der Waals surface area contributed by atoms with Crippen LogP contribution >= 0.6 is 0 Å². The molecule has 0 aromatic rings. The Hall–Kier alpha value is -0.690. The molecule has 0 saturated carbocycles. The SMILES string of the molecule is C=C(F)C(F)(F)C(F)(F)CC(O)CO. The van der Waals surface area contributed by atoms with Crippen LogP contribution in [0.5, 0.6) is 0 Å². The fraction of sp³-hybridized carbons (Fsp3) is 0.714. The van der Waals surface area contributed by atoms with Gasteiger partial charge in [-0.15, -0.1) is 0 Å². The van der Waals surface area contributed by atoms with Gasteiger partial charge in [-0.1, -0.05) is 6.58 Å². The average molecular weight is 220 g/mol. The van der Waals surface area contributed by atoms with Gasteiger partial charge in [0, 0.05) is 6.42 Å². The van der Waals surface area contributed by atoms with Crippen LogP contribution in [0.25, 0.3) is 0 Å². The smallest absolute Gasteiger partial charge is 0.360 e. The summed E-state index contributed by atoms with van der Waals surface area (Å²) in [6.45, 7) is 0.979. The molecule has 0 radical (unpaired) electrons. The minimum Gasteiger partial charge on any atom is -0.394 e. The molecule has 1 unspecified atom stereocenters. The number of hydrogen-bond acceptors (Lipinski definition) is 2. The molecule has 0 aliphatic rings. The van der Waals surface area contributed by atoms with Crippen molar-refractivity contribution in [3.63, 3.8) is 0 Å². The summed E-state index contributed by atoms with van der Waals surface area (Å²) in [5, 5.41) is 16.7. The maximum Gasteiger partial charge on any atom is 0.360 e. The van der Waals surface area contributed by atoms with Crippen molar-refractivity contribution in [2.75, 3.05) is 6.61 Å². The molecule has 7 heteroatoms. The monoisotopic (exact) mass is 220 g/mol. The van der Waals surface area contributed by atoms with Gasteiger partial charge in [0.1, 0.15) is 0 Å². The summed E-state index contributed by atoms with van der Waals surface area (Å²) in [6.07, 6.45) is -3.77. The molecule has 0 aliphatic heterocycles. The Morgan fingerprint density at radius 3 is 2.00 bits per heavy atom. The minimum absolute atomic E-state index is 1.11. The van der Waals surface area contributed by atoms with E-state index < -0.39 is 36.8 Å². The molecular formula is C7H9F5O2. The standard InChI is InChI=1S/C7H9F5O2/c1-4(8)7(11,12)6(9,10)2-5(14)3-13/h5,13-14H,1-3H2.